The van der Waals surface area contributed by atoms with E-state index in [1.807, 2.05) is 12.3 Å². The van der Waals surface area contributed by atoms with E-state index in [9.17, 15) is 0 Å². The van der Waals surface area contributed by atoms with Crippen LogP contribution in [0, 0.1) is 0 Å². The fourth-order valence-corrected chi connectivity index (χ4v) is 0.725. The molecule has 0 atom stereocenters. The van der Waals surface area contributed by atoms with Crippen LogP contribution in [0.25, 0.3) is 0 Å². The van der Waals surface area contributed by atoms with Crippen LogP contribution in [0.1, 0.15) is 6.42 Å². The monoisotopic (exact) mass is 137 g/mol. The van der Waals surface area contributed by atoms with Crippen molar-refractivity contribution in [1.29, 1.82) is 0 Å². The molecular weight excluding hydrogens is 126 g/mol. The molecule has 3 nitrogen and oxygen atoms in total. The third kappa shape index (κ3) is 1.62. The maximum atomic E-state index is 5.39. The number of nitrogen functional groups attached to an aromatic ring is 1. The number of aromatic nitrogens is 2. The number of hydrogen-bond donors (Lipinski definition) is 1. The van der Waals surface area contributed by atoms with E-state index in [1.165, 1.54) is 0 Å². The van der Waals surface area contributed by atoms with Gasteiger partial charge >= 0.3 is 0 Å². The summed E-state index contributed by atoms with van der Waals surface area (Å²) in [7, 11) is 0. The Hall–Kier alpha value is -1.25. The van der Waals surface area contributed by atoms with E-state index in [2.05, 4.69) is 11.7 Å². The van der Waals surface area contributed by atoms with Gasteiger partial charge in [-0.05, 0) is 12.5 Å². The minimum absolute atomic E-state index is 0.573. The summed E-state index contributed by atoms with van der Waals surface area (Å²) in [4.78, 5) is 0. The molecule has 0 amide bonds. The lowest BCUT2D eigenvalue weighted by atomic mass is 10.4. The Kier molecular flexibility index (Phi) is 2.10. The van der Waals surface area contributed by atoms with Gasteiger partial charge in [-0.1, -0.05) is 6.08 Å². The first kappa shape index (κ1) is 6.86. The Morgan fingerprint density at radius 2 is 2.60 bits per heavy atom. The summed E-state index contributed by atoms with van der Waals surface area (Å²) in [6.45, 7) is 4.47. The molecule has 3 heteroatoms. The summed E-state index contributed by atoms with van der Waals surface area (Å²) in [5.74, 6) is 0.573. The van der Waals surface area contributed by atoms with Gasteiger partial charge in [0.05, 0.1) is 0 Å². The Labute approximate surface area is 60.1 Å². The van der Waals surface area contributed by atoms with Crippen molar-refractivity contribution in [3.05, 3.63) is 24.9 Å². The van der Waals surface area contributed by atoms with E-state index < -0.39 is 0 Å². The van der Waals surface area contributed by atoms with Crippen LogP contribution < -0.4 is 5.73 Å². The van der Waals surface area contributed by atoms with Gasteiger partial charge in [0.15, 0.2) is 0 Å². The predicted octanol–water partition coefficient (Wildman–Crippen LogP) is 1.04. The molecule has 0 aliphatic rings. The van der Waals surface area contributed by atoms with Gasteiger partial charge in [-0.15, -0.1) is 6.58 Å². The molecule has 0 aliphatic carbocycles. The van der Waals surface area contributed by atoms with Crippen LogP contribution in [0.4, 0.5) is 5.82 Å². The lowest BCUT2D eigenvalue weighted by Gasteiger charge is -1.94. The Morgan fingerprint density at radius 1 is 1.80 bits per heavy atom. The lowest BCUT2D eigenvalue weighted by Crippen LogP contribution is -1.98. The zero-order valence-electron chi connectivity index (χ0n) is 5.83. The third-order valence-corrected chi connectivity index (χ3v) is 1.22. The van der Waals surface area contributed by atoms with E-state index in [-0.39, 0.29) is 0 Å². The van der Waals surface area contributed by atoms with Gasteiger partial charge in [0.2, 0.25) is 0 Å². The van der Waals surface area contributed by atoms with Crippen molar-refractivity contribution in [2.75, 3.05) is 5.73 Å². The Balaban J connectivity index is 2.49. The van der Waals surface area contributed by atoms with Crippen molar-refractivity contribution in [2.45, 2.75) is 13.0 Å². The number of nitrogens with two attached hydrogens (primary N) is 1. The summed E-state index contributed by atoms with van der Waals surface area (Å²) >= 11 is 0. The number of allylic oxidation sites excluding steroid dienone is 1. The van der Waals surface area contributed by atoms with E-state index in [0.29, 0.717) is 5.82 Å². The van der Waals surface area contributed by atoms with Crippen molar-refractivity contribution in [1.82, 2.24) is 9.78 Å². The summed E-state index contributed by atoms with van der Waals surface area (Å²) in [6, 6.07) is 1.78. The molecule has 1 aromatic heterocycles. The molecule has 0 radical (unpaired) electrons. The quantitative estimate of drug-likeness (QED) is 0.632. The van der Waals surface area contributed by atoms with Gasteiger partial charge < -0.3 is 5.73 Å². The molecule has 0 spiro atoms. The van der Waals surface area contributed by atoms with Gasteiger partial charge in [0.25, 0.3) is 0 Å². The van der Waals surface area contributed by atoms with Crippen molar-refractivity contribution in [2.24, 2.45) is 0 Å². The molecule has 0 bridgehead atoms. The zero-order valence-corrected chi connectivity index (χ0v) is 5.83. The Morgan fingerprint density at radius 3 is 3.10 bits per heavy atom. The molecule has 0 saturated heterocycles. The normalized spacial score (nSPS) is 9.60. The molecule has 0 saturated carbocycles. The molecule has 10 heavy (non-hydrogen) atoms. The Bertz CT molecular complexity index is 214. The van der Waals surface area contributed by atoms with Crippen LogP contribution >= 0.6 is 0 Å². The average molecular weight is 137 g/mol. The van der Waals surface area contributed by atoms with Crippen LogP contribution in [0.5, 0.6) is 0 Å². The summed E-state index contributed by atoms with van der Waals surface area (Å²) in [5, 5.41) is 3.99. The second kappa shape index (κ2) is 3.06. The average Bonchev–Trinajstić information content (AvgIpc) is 2.31. The lowest BCUT2D eigenvalue weighted by molar-refractivity contribution is 0.627. The maximum absolute atomic E-state index is 5.39. The molecule has 0 unspecified atom stereocenters. The van der Waals surface area contributed by atoms with Gasteiger partial charge in [-0.25, -0.2) is 0 Å². The number of nitrogens with zero attached hydrogens (tertiary/aromatic N) is 2. The van der Waals surface area contributed by atoms with Gasteiger partial charge in [-0.2, -0.15) is 5.10 Å². The fraction of sp³-hybridized carbons (Fsp3) is 0.286. The molecule has 2 N–H and O–H groups in total. The highest BCUT2D eigenvalue weighted by Crippen LogP contribution is 1.96. The molecule has 1 aromatic rings. The topological polar surface area (TPSA) is 43.8 Å². The highest BCUT2D eigenvalue weighted by molar-refractivity contribution is 5.23. The summed E-state index contributed by atoms with van der Waals surface area (Å²) < 4.78 is 1.80. The molecule has 1 heterocycles. The largest absolute Gasteiger partial charge is 0.382 e. The van der Waals surface area contributed by atoms with Crippen LogP contribution in [0.3, 0.4) is 0 Å². The van der Waals surface area contributed by atoms with E-state index >= 15 is 0 Å². The van der Waals surface area contributed by atoms with Gasteiger partial charge in [-0.3, -0.25) is 4.68 Å². The molecular formula is C7H11N3. The molecule has 0 fully saturated rings. The number of rotatable bonds is 3. The minimum Gasteiger partial charge on any atom is -0.382 e. The number of anilines is 1. The van der Waals surface area contributed by atoms with E-state index in [0.717, 1.165) is 13.0 Å². The van der Waals surface area contributed by atoms with Crippen LogP contribution in [-0.2, 0) is 6.54 Å². The molecule has 1 rings (SSSR count). The summed E-state index contributed by atoms with van der Waals surface area (Å²) in [5.41, 5.74) is 5.39. The first-order valence-electron chi connectivity index (χ1n) is 3.23. The number of aryl methyl sites for hydroxylation is 1. The fourth-order valence-electron chi connectivity index (χ4n) is 0.725. The van der Waals surface area contributed by atoms with Crippen molar-refractivity contribution >= 4 is 5.82 Å². The van der Waals surface area contributed by atoms with Crippen LogP contribution in [0.15, 0.2) is 24.9 Å². The standard InChI is InChI=1S/C7H11N3/c1-2-3-5-10-6-4-7(8)9-10/h2,4,6H,1,3,5H2,(H2,8,9). The van der Waals surface area contributed by atoms with Crippen molar-refractivity contribution < 1.29 is 0 Å². The maximum Gasteiger partial charge on any atom is 0.145 e. The first-order chi connectivity index (χ1) is 4.83. The highest BCUT2D eigenvalue weighted by atomic mass is 15.3. The van der Waals surface area contributed by atoms with Gasteiger partial charge in [0.1, 0.15) is 5.82 Å². The zero-order chi connectivity index (χ0) is 7.40. The van der Waals surface area contributed by atoms with E-state index in [4.69, 9.17) is 5.73 Å². The van der Waals surface area contributed by atoms with Crippen LogP contribution in [0.2, 0.25) is 0 Å². The molecule has 0 aromatic carbocycles. The van der Waals surface area contributed by atoms with E-state index in [1.54, 1.807) is 10.7 Å². The molecule has 0 aliphatic heterocycles. The van der Waals surface area contributed by atoms with Crippen molar-refractivity contribution in [3.63, 3.8) is 0 Å². The first-order valence-corrected chi connectivity index (χ1v) is 3.23. The van der Waals surface area contributed by atoms with Crippen molar-refractivity contribution in [3.8, 4) is 0 Å². The number of hydrogen-bond acceptors (Lipinski definition) is 2. The summed E-state index contributed by atoms with van der Waals surface area (Å²) in [6.07, 6.45) is 4.65. The van der Waals surface area contributed by atoms with Crippen LogP contribution in [-0.4, -0.2) is 9.78 Å². The second-order valence-electron chi connectivity index (χ2n) is 2.08. The minimum atomic E-state index is 0.573. The van der Waals surface area contributed by atoms with Gasteiger partial charge in [0, 0.05) is 12.7 Å². The third-order valence-electron chi connectivity index (χ3n) is 1.22. The SMILES string of the molecule is C=CCCn1ccc(N)n1. The predicted molar refractivity (Wildman–Crippen MR) is 41.5 cm³/mol. The second-order valence-corrected chi connectivity index (χ2v) is 2.08. The highest BCUT2D eigenvalue weighted by Gasteiger charge is 1.90. The molecule has 54 valence electrons. The smallest absolute Gasteiger partial charge is 0.145 e.